The Hall–Kier alpha value is -13.6. The standard InChI is InChI=1S/C21H15N4.2C15H12N5.C15H10N3O.C15H10N3S/c1-2-6-16(7-3-1)25-20-18-8-4-5-11-23(18)14-19(20)24-13-15-9-10-22-12-17(15)21(24)25;2*1-18-14-11-8-16-6-5-10(11)9-20(14)13-15(18)19-7-3-2-4-12(19)17-13;2*1-2-6-17-9-13-14(12(17)3-1)19-15-11-7-16-5-4-10(11)8-18(13)15/h1-12,14H,13H2;2*2-8H,9H2,1H3;2*1-7,9H,8H2/q5*+1/i;1D3;;;. The van der Waals surface area contributed by atoms with Gasteiger partial charge in [-0.2, -0.15) is 23.7 Å². The fourth-order valence-corrected chi connectivity index (χ4v) is 17.5. The Balaban J connectivity index is 0.0000000830. The van der Waals surface area contributed by atoms with Gasteiger partial charge in [-0.15, -0.1) is 0 Å². The molecule has 25 heterocycles. The number of hydrogen-bond donors (Lipinski definition) is 0. The number of aryl methyl sites for hydroxylation is 2. The van der Waals surface area contributed by atoms with Gasteiger partial charge in [0.15, 0.2) is 29.9 Å². The van der Waals surface area contributed by atoms with Gasteiger partial charge in [-0.3, -0.25) is 24.9 Å². The second kappa shape index (κ2) is 21.9. The monoisotopic (exact) mass is 1360 g/mol. The van der Waals surface area contributed by atoms with Gasteiger partial charge in [-0.05, 0) is 103 Å². The molecule has 20 aromatic heterocycles. The van der Waals surface area contributed by atoms with Gasteiger partial charge in [-0.25, -0.2) is 31.6 Å². The molecule has 0 atom stereocenters. The van der Waals surface area contributed by atoms with Crippen LogP contribution in [0.5, 0.6) is 0 Å². The van der Waals surface area contributed by atoms with Crippen LogP contribution in [0.25, 0.3) is 145 Å². The zero-order valence-corrected chi connectivity index (χ0v) is 55.9. The van der Waals surface area contributed by atoms with E-state index in [0.717, 1.165) is 88.0 Å². The average Bonchev–Trinajstić information content (AvgIpc) is 1.55. The van der Waals surface area contributed by atoms with E-state index in [2.05, 4.69) is 216 Å². The number of hydrogen-bond acceptors (Lipinski definition) is 9. The third kappa shape index (κ3) is 8.39. The number of fused-ring (bicyclic) bond motifs is 35. The smallest absolute Gasteiger partial charge is 0.384 e. The summed E-state index contributed by atoms with van der Waals surface area (Å²) < 4.78 is 59.2. The molecule has 0 unspecified atom stereocenters. The first kappa shape index (κ1) is 54.3. The summed E-state index contributed by atoms with van der Waals surface area (Å²) in [5.74, 6) is 3.96. The Morgan fingerprint density at radius 2 is 0.922 bits per heavy atom. The van der Waals surface area contributed by atoms with Crippen LogP contribution >= 0.6 is 11.3 Å². The summed E-state index contributed by atoms with van der Waals surface area (Å²) >= 11 is 1.87. The minimum atomic E-state index is -2.30. The zero-order chi connectivity index (χ0) is 70.2. The molecular weight excluding hydrogens is 1300 g/mol. The van der Waals surface area contributed by atoms with Crippen molar-refractivity contribution in [2.24, 2.45) is 14.0 Å². The van der Waals surface area contributed by atoms with Gasteiger partial charge in [0.2, 0.25) is 28.3 Å². The highest BCUT2D eigenvalue weighted by Crippen LogP contribution is 2.40. The fraction of sp³-hybridized carbons (Fsp3) is 0.0864. The van der Waals surface area contributed by atoms with Gasteiger partial charge in [-0.1, -0.05) is 59.9 Å². The lowest BCUT2D eigenvalue weighted by molar-refractivity contribution is -0.649. The van der Waals surface area contributed by atoms with Crippen LogP contribution in [-0.4, -0.2) is 70.6 Å². The topological polar surface area (TPSA) is 160 Å². The van der Waals surface area contributed by atoms with E-state index in [1.54, 1.807) is 12.4 Å². The number of pyridine rings is 10. The third-order valence-corrected chi connectivity index (χ3v) is 22.0. The molecule has 26 rings (SSSR count). The largest absolute Gasteiger partial charge is 0.395 e. The first-order chi connectivity index (χ1) is 52.1. The van der Waals surface area contributed by atoms with Gasteiger partial charge in [0.25, 0.3) is 38.9 Å². The molecule has 21 aromatic rings. The molecule has 21 nitrogen and oxygen atoms in total. The van der Waals surface area contributed by atoms with Crippen molar-refractivity contribution in [1.29, 1.82) is 0 Å². The summed E-state index contributed by atoms with van der Waals surface area (Å²) in [6.45, 7) is 1.88. The molecule has 0 spiro atoms. The lowest BCUT2D eigenvalue weighted by Gasteiger charge is -2.02. The Labute approximate surface area is 592 Å². The summed E-state index contributed by atoms with van der Waals surface area (Å²) in [4.78, 5) is 30.7. The van der Waals surface area contributed by atoms with Crippen LogP contribution in [0.2, 0.25) is 0 Å². The van der Waals surface area contributed by atoms with Crippen molar-refractivity contribution in [1.82, 2.24) is 70.6 Å². The van der Waals surface area contributed by atoms with Crippen LogP contribution in [0.4, 0.5) is 0 Å². The molecule has 0 amide bonds. The Morgan fingerprint density at radius 1 is 0.437 bits per heavy atom. The number of para-hydroxylation sites is 1. The number of aromatic nitrogens is 20. The van der Waals surface area contributed by atoms with Crippen LogP contribution in [0.3, 0.4) is 0 Å². The van der Waals surface area contributed by atoms with Gasteiger partial charge >= 0.3 is 5.89 Å². The van der Waals surface area contributed by atoms with Crippen LogP contribution in [0, 0.1) is 0 Å². The Morgan fingerprint density at radius 3 is 1.58 bits per heavy atom. The summed E-state index contributed by atoms with van der Waals surface area (Å²) in [5.41, 5.74) is 27.8. The normalized spacial score (nSPS) is 13.5. The molecule has 0 aliphatic carbocycles. The molecule has 0 saturated heterocycles. The van der Waals surface area contributed by atoms with E-state index in [-0.39, 0.29) is 0 Å². The van der Waals surface area contributed by atoms with E-state index in [0.29, 0.717) is 23.7 Å². The molecule has 490 valence electrons. The van der Waals surface area contributed by atoms with Gasteiger partial charge in [0, 0.05) is 108 Å². The van der Waals surface area contributed by atoms with Crippen molar-refractivity contribution in [3.63, 3.8) is 0 Å². The van der Waals surface area contributed by atoms with E-state index in [1.165, 1.54) is 98.1 Å². The van der Waals surface area contributed by atoms with Crippen molar-refractivity contribution in [3.05, 3.63) is 291 Å². The quantitative estimate of drug-likeness (QED) is 0.147. The maximum Gasteiger partial charge on any atom is 0.384 e. The molecule has 0 saturated carbocycles. The highest BCUT2D eigenvalue weighted by atomic mass is 32.1. The predicted molar refractivity (Wildman–Crippen MR) is 390 cm³/mol. The summed E-state index contributed by atoms with van der Waals surface area (Å²) in [7, 11) is 2.09. The molecule has 0 bridgehead atoms. The number of benzene rings is 1. The molecule has 0 fully saturated rings. The highest BCUT2D eigenvalue weighted by molar-refractivity contribution is 7.22. The second-order valence-corrected chi connectivity index (χ2v) is 27.3. The first-order valence-electron chi connectivity index (χ1n) is 35.5. The molecule has 0 radical (unpaired) electrons. The SMILES string of the molecule is C[n+]1c2n(c3nc4ccccn4c31)Cc1ccncc1-2.[2H]C([2H])([2H])[n+]1c2n(c3nc4ccccn4c31)Cc1ccncc1-2.c1ccc(-n2c3[n+](c4cn5ccccc5c42)Cc2ccncc2-3)cc1.c1ccn2cc3c(oc4[n+]3Cc3ccncc3-4)c2c1.c1ccn2cc3c(sc4[n+]3Cc3ccncc3-4)c2c1. The van der Waals surface area contributed by atoms with Gasteiger partial charge in [0.1, 0.15) is 22.5 Å². The maximum absolute atomic E-state index is 8.02. The molecule has 103 heavy (non-hydrogen) atoms. The molecule has 1 aromatic carbocycles. The Bertz CT molecular complexity index is 7080. The number of nitrogens with zero attached hydrogens (tertiary/aromatic N) is 20. The van der Waals surface area contributed by atoms with Crippen molar-refractivity contribution < 1.29 is 31.4 Å². The number of rotatable bonds is 1. The minimum Gasteiger partial charge on any atom is -0.395 e. The fourth-order valence-electron chi connectivity index (χ4n) is 16.2. The van der Waals surface area contributed by atoms with Crippen LogP contribution in [0.1, 0.15) is 31.9 Å². The van der Waals surface area contributed by atoms with Crippen molar-refractivity contribution in [3.8, 4) is 61.9 Å². The minimum absolute atomic E-state index is 0.588. The van der Waals surface area contributed by atoms with E-state index in [1.807, 2.05) is 137 Å². The lowest BCUT2D eigenvalue weighted by atomic mass is 10.1. The van der Waals surface area contributed by atoms with Gasteiger partial charge in [0.05, 0.1) is 101 Å². The molecule has 5 aliphatic heterocycles. The third-order valence-electron chi connectivity index (χ3n) is 20.8. The van der Waals surface area contributed by atoms with E-state index < -0.39 is 6.98 Å². The molecule has 0 N–H and O–H groups in total. The van der Waals surface area contributed by atoms with Gasteiger partial charge < -0.3 is 17.6 Å². The van der Waals surface area contributed by atoms with Crippen LogP contribution < -0.4 is 22.8 Å². The zero-order valence-electron chi connectivity index (χ0n) is 58.1. The van der Waals surface area contributed by atoms with Crippen LogP contribution in [0.15, 0.2) is 268 Å². The maximum atomic E-state index is 8.02. The summed E-state index contributed by atoms with van der Waals surface area (Å²) in [6, 6.07) is 51.5. The summed E-state index contributed by atoms with van der Waals surface area (Å²) in [5, 5.41) is 1.33. The molecular formula is C81H59N20OS+5. The second-order valence-electron chi connectivity index (χ2n) is 26.4. The lowest BCUT2D eigenvalue weighted by Crippen LogP contribution is -2.31. The van der Waals surface area contributed by atoms with Crippen molar-refractivity contribution >= 4 is 94.1 Å². The van der Waals surface area contributed by atoms with Crippen molar-refractivity contribution in [2.75, 3.05) is 0 Å². The average molecular weight is 1360 g/mol. The molecule has 22 heteroatoms. The van der Waals surface area contributed by atoms with E-state index in [4.69, 9.17) is 13.5 Å². The van der Waals surface area contributed by atoms with E-state index in [9.17, 15) is 0 Å². The van der Waals surface area contributed by atoms with Crippen LogP contribution in [-0.2, 0) is 46.7 Å². The number of oxazole rings is 1. The highest BCUT2D eigenvalue weighted by Gasteiger charge is 2.40. The predicted octanol–water partition coefficient (Wildman–Crippen LogP) is 11.9. The summed E-state index contributed by atoms with van der Waals surface area (Å²) in [6.07, 6.45) is 35.4. The van der Waals surface area contributed by atoms with E-state index >= 15 is 0 Å². The number of imidazole rings is 5. The Kier molecular flexibility index (Phi) is 11.6. The van der Waals surface area contributed by atoms with Crippen molar-refractivity contribution in [2.45, 2.75) is 32.7 Å². The molecule has 5 aliphatic rings. The first-order valence-corrected chi connectivity index (χ1v) is 34.8. The number of thiazole rings is 1.